The predicted octanol–water partition coefficient (Wildman–Crippen LogP) is 2.73. The average Bonchev–Trinajstić information content (AvgIpc) is 2.96. The van der Waals surface area contributed by atoms with Gasteiger partial charge in [-0.05, 0) is 31.2 Å². The minimum Gasteiger partial charge on any atom is -0.440 e. The van der Waals surface area contributed by atoms with E-state index in [0.29, 0.717) is 12.0 Å². The lowest BCUT2D eigenvalue weighted by Crippen LogP contribution is -2.21. The van der Waals surface area contributed by atoms with Crippen LogP contribution in [0.15, 0.2) is 22.6 Å². The highest BCUT2D eigenvalue weighted by atomic mass is 16.3. The summed E-state index contributed by atoms with van der Waals surface area (Å²) in [6, 6.07) is 6.66. The van der Waals surface area contributed by atoms with Crippen molar-refractivity contribution in [2.24, 2.45) is 0 Å². The Labute approximate surface area is 107 Å². The smallest absolute Gasteiger partial charge is 0.198 e. The molecule has 1 aliphatic heterocycles. The Kier molecular flexibility index (Phi) is 2.96. The van der Waals surface area contributed by atoms with Crippen molar-refractivity contribution in [3.63, 3.8) is 0 Å². The van der Waals surface area contributed by atoms with Crippen LogP contribution in [-0.4, -0.2) is 24.1 Å². The summed E-state index contributed by atoms with van der Waals surface area (Å²) in [5.41, 5.74) is 2.93. The highest BCUT2D eigenvalue weighted by Gasteiger charge is 2.15. The first-order valence-corrected chi connectivity index (χ1v) is 6.60. The second-order valence-electron chi connectivity index (χ2n) is 5.22. The molecule has 96 valence electrons. The summed E-state index contributed by atoms with van der Waals surface area (Å²) < 4.78 is 5.70. The van der Waals surface area contributed by atoms with Gasteiger partial charge in [0, 0.05) is 24.2 Å². The van der Waals surface area contributed by atoms with Crippen LogP contribution < -0.4 is 10.6 Å². The number of hydrogen-bond acceptors (Lipinski definition) is 4. The summed E-state index contributed by atoms with van der Waals surface area (Å²) >= 11 is 0. The molecule has 1 aromatic heterocycles. The lowest BCUT2D eigenvalue weighted by molar-refractivity contribution is 0.501. The van der Waals surface area contributed by atoms with Gasteiger partial charge in [0.05, 0.1) is 0 Å². The molecule has 1 saturated heterocycles. The molecule has 4 heteroatoms. The molecule has 2 aromatic rings. The Morgan fingerprint density at radius 1 is 1.44 bits per heavy atom. The lowest BCUT2D eigenvalue weighted by atomic mass is 10.2. The maximum atomic E-state index is 5.70. The number of anilines is 1. The molecule has 18 heavy (non-hydrogen) atoms. The maximum absolute atomic E-state index is 5.70. The van der Waals surface area contributed by atoms with Crippen LogP contribution in [0.3, 0.4) is 0 Å². The summed E-state index contributed by atoms with van der Waals surface area (Å²) in [4.78, 5) is 4.53. The van der Waals surface area contributed by atoms with Crippen LogP contribution >= 0.6 is 0 Å². The van der Waals surface area contributed by atoms with E-state index in [0.717, 1.165) is 35.8 Å². The Balaban J connectivity index is 1.85. The minimum atomic E-state index is 0.327. The summed E-state index contributed by atoms with van der Waals surface area (Å²) in [5, 5.41) is 6.88. The van der Waals surface area contributed by atoms with Crippen LogP contribution in [0, 0.1) is 0 Å². The number of benzene rings is 1. The molecule has 1 fully saturated rings. The Morgan fingerprint density at radius 2 is 2.33 bits per heavy atom. The van der Waals surface area contributed by atoms with Crippen LogP contribution in [0.5, 0.6) is 0 Å². The van der Waals surface area contributed by atoms with Crippen LogP contribution in [-0.2, 0) is 0 Å². The maximum Gasteiger partial charge on any atom is 0.198 e. The third-order valence-corrected chi connectivity index (χ3v) is 3.33. The number of nitrogens with one attached hydrogen (secondary N) is 2. The molecule has 4 nitrogen and oxygen atoms in total. The normalized spacial score (nSPS) is 19.8. The van der Waals surface area contributed by atoms with E-state index in [1.165, 1.54) is 6.42 Å². The van der Waals surface area contributed by atoms with E-state index in [-0.39, 0.29) is 0 Å². The van der Waals surface area contributed by atoms with Gasteiger partial charge in [-0.3, -0.25) is 0 Å². The number of aromatic nitrogens is 1. The summed E-state index contributed by atoms with van der Waals surface area (Å²) in [7, 11) is 0. The molecular formula is C14H19N3O. The van der Waals surface area contributed by atoms with Crippen molar-refractivity contribution in [3.8, 4) is 0 Å². The van der Waals surface area contributed by atoms with E-state index in [1.807, 2.05) is 6.07 Å². The van der Waals surface area contributed by atoms with Gasteiger partial charge in [0.15, 0.2) is 11.5 Å². The molecule has 0 bridgehead atoms. The lowest BCUT2D eigenvalue weighted by Gasteiger charge is -2.12. The van der Waals surface area contributed by atoms with Crippen molar-refractivity contribution in [1.29, 1.82) is 0 Å². The molecule has 2 heterocycles. The molecular weight excluding hydrogens is 226 g/mol. The topological polar surface area (TPSA) is 50.1 Å². The Bertz CT molecular complexity index is 541. The van der Waals surface area contributed by atoms with E-state index in [9.17, 15) is 0 Å². The highest BCUT2D eigenvalue weighted by Crippen LogP contribution is 2.24. The van der Waals surface area contributed by atoms with Crippen molar-refractivity contribution < 1.29 is 4.42 Å². The van der Waals surface area contributed by atoms with E-state index < -0.39 is 0 Å². The molecule has 1 aliphatic rings. The van der Waals surface area contributed by atoms with Crippen molar-refractivity contribution >= 4 is 16.8 Å². The van der Waals surface area contributed by atoms with Gasteiger partial charge in [-0.25, -0.2) is 4.98 Å². The van der Waals surface area contributed by atoms with Crippen molar-refractivity contribution in [2.75, 3.05) is 18.4 Å². The summed E-state index contributed by atoms with van der Waals surface area (Å²) in [6.45, 7) is 6.32. The summed E-state index contributed by atoms with van der Waals surface area (Å²) in [5.74, 6) is 1.14. The van der Waals surface area contributed by atoms with Crippen LogP contribution in [0.2, 0.25) is 0 Å². The molecule has 3 rings (SSSR count). The fraction of sp³-hybridized carbons (Fsp3) is 0.500. The van der Waals surface area contributed by atoms with Crippen molar-refractivity contribution in [1.82, 2.24) is 10.3 Å². The van der Waals surface area contributed by atoms with Gasteiger partial charge in [-0.2, -0.15) is 0 Å². The number of oxazole rings is 1. The largest absolute Gasteiger partial charge is 0.440 e. The van der Waals surface area contributed by atoms with Gasteiger partial charge >= 0.3 is 0 Å². The van der Waals surface area contributed by atoms with E-state index in [1.54, 1.807) is 0 Å². The first kappa shape index (κ1) is 11.5. The molecule has 0 spiro atoms. The van der Waals surface area contributed by atoms with E-state index >= 15 is 0 Å². The Hall–Kier alpha value is -1.55. The van der Waals surface area contributed by atoms with Gasteiger partial charge in [-0.1, -0.05) is 13.8 Å². The van der Waals surface area contributed by atoms with Crippen molar-refractivity contribution in [2.45, 2.75) is 32.2 Å². The van der Waals surface area contributed by atoms with Crippen LogP contribution in [0.4, 0.5) is 5.69 Å². The van der Waals surface area contributed by atoms with Gasteiger partial charge in [0.2, 0.25) is 0 Å². The monoisotopic (exact) mass is 245 g/mol. The van der Waals surface area contributed by atoms with Gasteiger partial charge < -0.3 is 15.1 Å². The van der Waals surface area contributed by atoms with E-state index in [2.05, 4.69) is 41.6 Å². The quantitative estimate of drug-likeness (QED) is 0.873. The third kappa shape index (κ3) is 2.20. The van der Waals surface area contributed by atoms with Gasteiger partial charge in [0.25, 0.3) is 0 Å². The number of nitrogens with zero attached hydrogens (tertiary/aromatic N) is 1. The molecule has 0 saturated carbocycles. The molecule has 0 radical (unpaired) electrons. The Morgan fingerprint density at radius 3 is 3.06 bits per heavy atom. The second kappa shape index (κ2) is 4.61. The first-order valence-electron chi connectivity index (χ1n) is 6.60. The standard InChI is InChI=1S/C14H19N3O/c1-9(2)14-17-12-7-10(3-4-13(12)18-14)16-11-5-6-15-8-11/h3-4,7,9,11,15-16H,5-6,8H2,1-2H3. The predicted molar refractivity (Wildman–Crippen MR) is 73.0 cm³/mol. The minimum absolute atomic E-state index is 0.327. The van der Waals surface area contributed by atoms with E-state index in [4.69, 9.17) is 4.42 Å². The van der Waals surface area contributed by atoms with Gasteiger partial charge in [-0.15, -0.1) is 0 Å². The molecule has 1 aromatic carbocycles. The fourth-order valence-electron chi connectivity index (χ4n) is 2.30. The number of fused-ring (bicyclic) bond motifs is 1. The highest BCUT2D eigenvalue weighted by molar-refractivity contribution is 5.77. The SMILES string of the molecule is CC(C)c1nc2cc(NC3CCNC3)ccc2o1. The summed E-state index contributed by atoms with van der Waals surface area (Å²) in [6.07, 6.45) is 1.17. The second-order valence-corrected chi connectivity index (χ2v) is 5.22. The average molecular weight is 245 g/mol. The van der Waals surface area contributed by atoms with Crippen molar-refractivity contribution in [3.05, 3.63) is 24.1 Å². The zero-order valence-electron chi connectivity index (χ0n) is 10.9. The number of rotatable bonds is 3. The van der Waals surface area contributed by atoms with Crippen LogP contribution in [0.25, 0.3) is 11.1 Å². The molecule has 0 amide bonds. The fourth-order valence-corrected chi connectivity index (χ4v) is 2.30. The first-order chi connectivity index (χ1) is 8.72. The zero-order chi connectivity index (χ0) is 12.5. The van der Waals surface area contributed by atoms with Gasteiger partial charge in [0.1, 0.15) is 5.52 Å². The molecule has 2 N–H and O–H groups in total. The zero-order valence-corrected chi connectivity index (χ0v) is 10.9. The molecule has 1 unspecified atom stereocenters. The van der Waals surface area contributed by atoms with Crippen LogP contribution in [0.1, 0.15) is 32.1 Å². The number of hydrogen-bond donors (Lipinski definition) is 2. The molecule has 1 atom stereocenters. The third-order valence-electron chi connectivity index (χ3n) is 3.33. The molecule has 0 aliphatic carbocycles.